The van der Waals surface area contributed by atoms with Crippen LogP contribution in [0.4, 0.5) is 17.1 Å². The number of para-hydroxylation sites is 2. The lowest BCUT2D eigenvalue weighted by Crippen LogP contribution is -2.10. The van der Waals surface area contributed by atoms with Crippen LogP contribution in [-0.4, -0.2) is 9.13 Å². The average molecular weight is 854 g/mol. The SMILES string of the molecule is c1ccc(-c2ccc(N(c3ccc(-c4ccccc4)cc3)c3ccc4ccc(-n5c6ccccc6c6ccc7c(c8ccccc8n7-c7ccc(-c8ccccc8)cc7)c65)cc4c3)cc2)cc1. The van der Waals surface area contributed by atoms with Crippen molar-refractivity contribution in [3.8, 4) is 44.8 Å². The van der Waals surface area contributed by atoms with Crippen LogP contribution >= 0.6 is 0 Å². The summed E-state index contributed by atoms with van der Waals surface area (Å²) in [6.45, 7) is 0. The molecule has 0 fully saturated rings. The first-order valence-electron chi connectivity index (χ1n) is 23.0. The van der Waals surface area contributed by atoms with Crippen molar-refractivity contribution in [1.82, 2.24) is 9.13 Å². The second-order valence-corrected chi connectivity index (χ2v) is 17.4. The van der Waals surface area contributed by atoms with Crippen molar-refractivity contribution < 1.29 is 0 Å². The zero-order chi connectivity index (χ0) is 44.3. The molecule has 13 rings (SSSR count). The van der Waals surface area contributed by atoms with Gasteiger partial charge in [0.15, 0.2) is 0 Å². The lowest BCUT2D eigenvalue weighted by molar-refractivity contribution is 1.18. The first-order valence-corrected chi connectivity index (χ1v) is 23.0. The summed E-state index contributed by atoms with van der Waals surface area (Å²) in [5, 5.41) is 7.31. The van der Waals surface area contributed by atoms with E-state index in [1.165, 1.54) is 87.8 Å². The van der Waals surface area contributed by atoms with Gasteiger partial charge < -0.3 is 14.0 Å². The Bertz CT molecular complexity index is 3840. The van der Waals surface area contributed by atoms with Crippen molar-refractivity contribution in [3.05, 3.63) is 261 Å². The van der Waals surface area contributed by atoms with Gasteiger partial charge in [0.05, 0.1) is 22.1 Å². The second-order valence-electron chi connectivity index (χ2n) is 17.4. The molecule has 0 N–H and O–H groups in total. The molecule has 0 unspecified atom stereocenters. The fraction of sp³-hybridized carbons (Fsp3) is 0. The van der Waals surface area contributed by atoms with E-state index in [-0.39, 0.29) is 0 Å². The Morgan fingerprint density at radius 1 is 0.254 bits per heavy atom. The number of benzene rings is 11. The standard InChI is InChI=1S/C64H43N3/c1-4-14-44(15-5-1)47-24-32-52(33-25-47)65(53-34-26-48(27-35-53)45-16-6-2-7-17-45)55-38-30-50-31-39-56(43-51(50)42-55)67-60-22-12-10-20-57(60)58-40-41-62-63(64(58)67)59-21-11-13-23-61(59)66(62)54-36-28-49(29-37-54)46-18-8-3-9-19-46/h1-43H. The van der Waals surface area contributed by atoms with Crippen LogP contribution in [0.3, 0.4) is 0 Å². The molecule has 0 saturated carbocycles. The van der Waals surface area contributed by atoms with Crippen LogP contribution in [0.15, 0.2) is 261 Å². The van der Waals surface area contributed by atoms with E-state index in [0.717, 1.165) is 28.4 Å². The first kappa shape index (κ1) is 38.5. The van der Waals surface area contributed by atoms with Crippen molar-refractivity contribution in [2.24, 2.45) is 0 Å². The summed E-state index contributed by atoms with van der Waals surface area (Å²) in [4.78, 5) is 2.38. The summed E-state index contributed by atoms with van der Waals surface area (Å²) < 4.78 is 4.93. The molecule has 0 atom stereocenters. The van der Waals surface area contributed by atoms with Gasteiger partial charge in [-0.15, -0.1) is 0 Å². The molecule has 0 radical (unpaired) electrons. The third-order valence-corrected chi connectivity index (χ3v) is 13.5. The van der Waals surface area contributed by atoms with Gasteiger partial charge in [-0.25, -0.2) is 0 Å². The minimum absolute atomic E-state index is 1.09. The van der Waals surface area contributed by atoms with Gasteiger partial charge in [-0.1, -0.05) is 182 Å². The largest absolute Gasteiger partial charge is 0.310 e. The van der Waals surface area contributed by atoms with Crippen LogP contribution in [0.5, 0.6) is 0 Å². The predicted molar refractivity (Wildman–Crippen MR) is 284 cm³/mol. The zero-order valence-electron chi connectivity index (χ0n) is 36.7. The van der Waals surface area contributed by atoms with Crippen LogP contribution in [-0.2, 0) is 0 Å². The molecule has 314 valence electrons. The summed E-state index contributed by atoms with van der Waals surface area (Å²) in [5.74, 6) is 0. The summed E-state index contributed by atoms with van der Waals surface area (Å²) in [5.41, 5.74) is 17.5. The molecule has 3 heteroatoms. The summed E-state index contributed by atoms with van der Waals surface area (Å²) in [7, 11) is 0. The third kappa shape index (κ3) is 6.59. The van der Waals surface area contributed by atoms with E-state index in [2.05, 4.69) is 275 Å². The van der Waals surface area contributed by atoms with Gasteiger partial charge in [0.1, 0.15) is 0 Å². The molecule has 13 aromatic rings. The van der Waals surface area contributed by atoms with Crippen molar-refractivity contribution in [2.45, 2.75) is 0 Å². The van der Waals surface area contributed by atoms with Gasteiger partial charge in [-0.3, -0.25) is 0 Å². The molecule has 0 aliphatic carbocycles. The van der Waals surface area contributed by atoms with Gasteiger partial charge >= 0.3 is 0 Å². The Morgan fingerprint density at radius 3 is 1.28 bits per heavy atom. The van der Waals surface area contributed by atoms with E-state index >= 15 is 0 Å². The molecular weight excluding hydrogens is 811 g/mol. The van der Waals surface area contributed by atoms with Gasteiger partial charge in [-0.05, 0) is 123 Å². The van der Waals surface area contributed by atoms with E-state index in [1.807, 2.05) is 0 Å². The van der Waals surface area contributed by atoms with E-state index in [1.54, 1.807) is 0 Å². The third-order valence-electron chi connectivity index (χ3n) is 13.5. The molecule has 0 bridgehead atoms. The number of aromatic nitrogens is 2. The summed E-state index contributed by atoms with van der Waals surface area (Å²) in [6.07, 6.45) is 0. The molecule has 2 heterocycles. The van der Waals surface area contributed by atoms with Crippen LogP contribution in [0.1, 0.15) is 0 Å². The number of fused-ring (bicyclic) bond motifs is 8. The van der Waals surface area contributed by atoms with E-state index < -0.39 is 0 Å². The topological polar surface area (TPSA) is 13.1 Å². The predicted octanol–water partition coefficient (Wildman–Crippen LogP) is 17.5. The Morgan fingerprint density at radius 2 is 0.701 bits per heavy atom. The number of nitrogens with zero attached hydrogens (tertiary/aromatic N) is 3. The Labute approximate surface area is 389 Å². The number of rotatable bonds is 8. The molecule has 0 saturated heterocycles. The molecule has 2 aromatic heterocycles. The van der Waals surface area contributed by atoms with Crippen LogP contribution < -0.4 is 4.90 Å². The Hall–Kier alpha value is -8.92. The highest BCUT2D eigenvalue weighted by Gasteiger charge is 2.21. The van der Waals surface area contributed by atoms with Crippen LogP contribution in [0.25, 0.3) is 99.1 Å². The number of hydrogen-bond donors (Lipinski definition) is 0. The smallest absolute Gasteiger partial charge is 0.0641 e. The fourth-order valence-electron chi connectivity index (χ4n) is 10.3. The highest BCUT2D eigenvalue weighted by atomic mass is 15.1. The lowest BCUT2D eigenvalue weighted by atomic mass is 10.0. The average Bonchev–Trinajstić information content (AvgIpc) is 3.93. The maximum atomic E-state index is 2.50. The maximum Gasteiger partial charge on any atom is 0.0641 e. The maximum absolute atomic E-state index is 2.50. The Balaban J connectivity index is 0.979. The molecule has 0 aliphatic rings. The van der Waals surface area contributed by atoms with Crippen LogP contribution in [0, 0.1) is 0 Å². The van der Waals surface area contributed by atoms with Crippen molar-refractivity contribution in [2.75, 3.05) is 4.90 Å². The molecular formula is C64H43N3. The van der Waals surface area contributed by atoms with E-state index in [9.17, 15) is 0 Å². The van der Waals surface area contributed by atoms with Crippen molar-refractivity contribution in [1.29, 1.82) is 0 Å². The minimum atomic E-state index is 1.09. The second kappa shape index (κ2) is 16.0. The normalized spacial score (nSPS) is 11.6. The minimum Gasteiger partial charge on any atom is -0.310 e. The molecule has 3 nitrogen and oxygen atoms in total. The van der Waals surface area contributed by atoms with Gasteiger partial charge in [0.2, 0.25) is 0 Å². The molecule has 0 aliphatic heterocycles. The van der Waals surface area contributed by atoms with Gasteiger partial charge in [-0.2, -0.15) is 0 Å². The molecule has 67 heavy (non-hydrogen) atoms. The van der Waals surface area contributed by atoms with Gasteiger partial charge in [0, 0.05) is 50.0 Å². The first-order chi connectivity index (χ1) is 33.2. The summed E-state index contributed by atoms with van der Waals surface area (Å²) in [6, 6.07) is 94.9. The monoisotopic (exact) mass is 853 g/mol. The highest BCUT2D eigenvalue weighted by Crippen LogP contribution is 2.43. The zero-order valence-corrected chi connectivity index (χ0v) is 36.7. The fourth-order valence-corrected chi connectivity index (χ4v) is 10.3. The number of hydrogen-bond acceptors (Lipinski definition) is 1. The van der Waals surface area contributed by atoms with Crippen molar-refractivity contribution >= 4 is 71.4 Å². The van der Waals surface area contributed by atoms with E-state index in [4.69, 9.17) is 0 Å². The summed E-state index contributed by atoms with van der Waals surface area (Å²) >= 11 is 0. The molecule has 0 amide bonds. The quantitative estimate of drug-likeness (QED) is 0.148. The van der Waals surface area contributed by atoms with Gasteiger partial charge in [0.25, 0.3) is 0 Å². The molecule has 0 spiro atoms. The lowest BCUT2D eigenvalue weighted by Gasteiger charge is -2.26. The Kier molecular flexibility index (Phi) is 9.17. The molecule has 11 aromatic carbocycles. The van der Waals surface area contributed by atoms with E-state index in [0.29, 0.717) is 0 Å². The highest BCUT2D eigenvalue weighted by molar-refractivity contribution is 6.26. The number of anilines is 3. The van der Waals surface area contributed by atoms with Crippen LogP contribution in [0.2, 0.25) is 0 Å². The van der Waals surface area contributed by atoms with Crippen molar-refractivity contribution in [3.63, 3.8) is 0 Å².